The summed E-state index contributed by atoms with van der Waals surface area (Å²) in [5, 5.41) is 3.05. The summed E-state index contributed by atoms with van der Waals surface area (Å²) in [6, 6.07) is 14.2. The topological polar surface area (TPSA) is 74.0 Å². The molecular weight excluding hydrogens is 402 g/mol. The van der Waals surface area contributed by atoms with Gasteiger partial charge in [0.1, 0.15) is 11.3 Å². The van der Waals surface area contributed by atoms with Gasteiger partial charge in [-0.2, -0.15) is 0 Å². The molecule has 7 nitrogen and oxygen atoms in total. The minimum Gasteiger partial charge on any atom is -0.383 e. The number of fused-ring (bicyclic) bond motifs is 1. The molecule has 1 aromatic carbocycles. The van der Waals surface area contributed by atoms with Gasteiger partial charge in [-0.05, 0) is 44.5 Å². The number of nitrogens with zero attached hydrogens (tertiary/aromatic N) is 4. The molecule has 3 heterocycles. The molecule has 0 atom stereocenters. The van der Waals surface area contributed by atoms with Gasteiger partial charge in [0.25, 0.3) is 5.91 Å². The van der Waals surface area contributed by atoms with Gasteiger partial charge in [-0.15, -0.1) is 0 Å². The van der Waals surface area contributed by atoms with E-state index in [9.17, 15) is 4.79 Å². The maximum Gasteiger partial charge on any atom is 0.253 e. The van der Waals surface area contributed by atoms with Crippen molar-refractivity contribution in [2.24, 2.45) is 0 Å². The van der Waals surface area contributed by atoms with Gasteiger partial charge >= 0.3 is 0 Å². The molecule has 0 aliphatic rings. The number of aryl methyl sites for hydroxylation is 2. The van der Waals surface area contributed by atoms with E-state index in [0.29, 0.717) is 25.3 Å². The Morgan fingerprint density at radius 3 is 2.62 bits per heavy atom. The van der Waals surface area contributed by atoms with Crippen molar-refractivity contribution >= 4 is 17.1 Å². The average Bonchev–Trinajstić information content (AvgIpc) is 3.28. The molecule has 0 bridgehead atoms. The van der Waals surface area contributed by atoms with Crippen molar-refractivity contribution in [1.29, 1.82) is 0 Å². The number of hydrogen-bond acceptors (Lipinski definition) is 4. The van der Waals surface area contributed by atoms with Crippen LogP contribution in [0.4, 0.5) is 0 Å². The number of ether oxygens (including phenoxy) is 1. The summed E-state index contributed by atoms with van der Waals surface area (Å²) < 4.78 is 9.37. The van der Waals surface area contributed by atoms with E-state index in [1.807, 2.05) is 32.0 Å². The molecule has 4 rings (SSSR count). The number of aromatic nitrogens is 4. The molecule has 0 aliphatic carbocycles. The van der Waals surface area contributed by atoms with Crippen molar-refractivity contribution in [3.05, 3.63) is 82.6 Å². The number of pyridine rings is 1. The Morgan fingerprint density at radius 1 is 1.09 bits per heavy atom. The molecule has 3 aromatic heterocycles. The molecule has 1 N–H and O–H groups in total. The van der Waals surface area contributed by atoms with Crippen LogP contribution < -0.4 is 5.32 Å². The second-order valence-electron chi connectivity index (χ2n) is 8.06. The molecule has 32 heavy (non-hydrogen) atoms. The van der Waals surface area contributed by atoms with Crippen LogP contribution in [0.1, 0.15) is 38.7 Å². The van der Waals surface area contributed by atoms with Crippen molar-refractivity contribution in [3.63, 3.8) is 0 Å². The third-order valence-electron chi connectivity index (χ3n) is 5.79. The summed E-state index contributed by atoms with van der Waals surface area (Å²) >= 11 is 0. The Morgan fingerprint density at radius 2 is 1.88 bits per heavy atom. The zero-order valence-corrected chi connectivity index (χ0v) is 19.1. The monoisotopic (exact) mass is 431 g/mol. The van der Waals surface area contributed by atoms with Crippen LogP contribution in [0.5, 0.6) is 0 Å². The van der Waals surface area contributed by atoms with Gasteiger partial charge in [0.05, 0.1) is 25.3 Å². The van der Waals surface area contributed by atoms with Crippen molar-refractivity contribution < 1.29 is 9.53 Å². The van der Waals surface area contributed by atoms with E-state index in [2.05, 4.69) is 50.6 Å². The van der Waals surface area contributed by atoms with Crippen molar-refractivity contribution in [3.8, 4) is 0 Å². The van der Waals surface area contributed by atoms with Crippen LogP contribution in [0.3, 0.4) is 0 Å². The lowest BCUT2D eigenvalue weighted by atomic mass is 10.1. The fraction of sp³-hybridized carbons (Fsp3) is 0.320. The van der Waals surface area contributed by atoms with Crippen molar-refractivity contribution in [2.45, 2.75) is 40.4 Å². The first-order valence-electron chi connectivity index (χ1n) is 10.8. The fourth-order valence-corrected chi connectivity index (χ4v) is 3.99. The number of methoxy groups -OCH3 is 1. The SMILES string of the molecule is COCCn1c(C)cc(C(=O)NCc2nc3cccnc3n2Cc2ccc(C)cc2)c1C. The zero-order chi connectivity index (χ0) is 22.7. The first kappa shape index (κ1) is 21.8. The van der Waals surface area contributed by atoms with Gasteiger partial charge < -0.3 is 19.2 Å². The average molecular weight is 432 g/mol. The smallest absolute Gasteiger partial charge is 0.253 e. The van der Waals surface area contributed by atoms with Crippen LogP contribution in [0.25, 0.3) is 11.2 Å². The van der Waals surface area contributed by atoms with Gasteiger partial charge in [0.15, 0.2) is 5.65 Å². The standard InChI is InChI=1S/C25H29N5O2/c1-17-7-9-20(10-8-17)16-30-23(28-22-6-5-11-26-24(22)30)15-27-25(31)21-14-18(2)29(19(21)3)12-13-32-4/h5-11,14H,12-13,15-16H2,1-4H3,(H,27,31). The zero-order valence-electron chi connectivity index (χ0n) is 19.1. The highest BCUT2D eigenvalue weighted by molar-refractivity contribution is 5.95. The predicted octanol–water partition coefficient (Wildman–Crippen LogP) is 3.78. The highest BCUT2D eigenvalue weighted by atomic mass is 16.5. The molecule has 0 fully saturated rings. The van der Waals surface area contributed by atoms with Crippen LogP contribution in [0.2, 0.25) is 0 Å². The van der Waals surface area contributed by atoms with Crippen LogP contribution in [-0.2, 0) is 24.4 Å². The highest BCUT2D eigenvalue weighted by Crippen LogP contribution is 2.18. The molecule has 4 aromatic rings. The number of nitrogens with one attached hydrogen (secondary N) is 1. The fourth-order valence-electron chi connectivity index (χ4n) is 3.99. The van der Waals surface area contributed by atoms with E-state index in [0.717, 1.165) is 40.5 Å². The summed E-state index contributed by atoms with van der Waals surface area (Å²) in [4.78, 5) is 22.3. The maximum absolute atomic E-state index is 13.0. The summed E-state index contributed by atoms with van der Waals surface area (Å²) in [6.07, 6.45) is 1.77. The van der Waals surface area contributed by atoms with Crippen LogP contribution >= 0.6 is 0 Å². The number of imidazole rings is 1. The number of hydrogen-bond donors (Lipinski definition) is 1. The van der Waals surface area contributed by atoms with Crippen LogP contribution in [-0.4, -0.2) is 38.7 Å². The predicted molar refractivity (Wildman–Crippen MR) is 125 cm³/mol. The van der Waals surface area contributed by atoms with E-state index < -0.39 is 0 Å². The lowest BCUT2D eigenvalue weighted by Gasteiger charge is -2.11. The molecular formula is C25H29N5O2. The van der Waals surface area contributed by atoms with Gasteiger partial charge in [-0.25, -0.2) is 9.97 Å². The van der Waals surface area contributed by atoms with Crippen molar-refractivity contribution in [2.75, 3.05) is 13.7 Å². The number of benzene rings is 1. The number of carbonyl (C=O) groups is 1. The lowest BCUT2D eigenvalue weighted by Crippen LogP contribution is -2.25. The third-order valence-corrected chi connectivity index (χ3v) is 5.79. The normalized spacial score (nSPS) is 11.2. The molecule has 0 saturated carbocycles. The molecule has 0 spiro atoms. The number of amides is 1. The quantitative estimate of drug-likeness (QED) is 0.461. The summed E-state index contributed by atoms with van der Waals surface area (Å²) in [7, 11) is 1.68. The largest absolute Gasteiger partial charge is 0.383 e. The Balaban J connectivity index is 1.57. The molecule has 0 unspecified atom stereocenters. The summed E-state index contributed by atoms with van der Waals surface area (Å²) in [5.41, 5.74) is 6.68. The lowest BCUT2D eigenvalue weighted by molar-refractivity contribution is 0.0948. The molecule has 0 saturated heterocycles. The van der Waals surface area contributed by atoms with E-state index in [-0.39, 0.29) is 5.91 Å². The third kappa shape index (κ3) is 4.43. The Hall–Kier alpha value is -3.45. The second kappa shape index (κ2) is 9.36. The van der Waals surface area contributed by atoms with Crippen molar-refractivity contribution in [1.82, 2.24) is 24.4 Å². The first-order valence-corrected chi connectivity index (χ1v) is 10.8. The van der Waals surface area contributed by atoms with Gasteiger partial charge in [0, 0.05) is 31.2 Å². The number of carbonyl (C=O) groups excluding carboxylic acids is 1. The van der Waals surface area contributed by atoms with Crippen LogP contribution in [0, 0.1) is 20.8 Å². The second-order valence-corrected chi connectivity index (χ2v) is 8.06. The number of rotatable bonds is 8. The molecule has 1 amide bonds. The van der Waals surface area contributed by atoms with Crippen LogP contribution in [0.15, 0.2) is 48.7 Å². The molecule has 166 valence electrons. The Bertz CT molecular complexity index is 1240. The Kier molecular flexibility index (Phi) is 6.37. The van der Waals surface area contributed by atoms with Gasteiger partial charge in [-0.1, -0.05) is 29.8 Å². The highest BCUT2D eigenvalue weighted by Gasteiger charge is 2.18. The van der Waals surface area contributed by atoms with Gasteiger partial charge in [0.2, 0.25) is 0 Å². The van der Waals surface area contributed by atoms with E-state index in [1.54, 1.807) is 13.3 Å². The maximum atomic E-state index is 13.0. The minimum absolute atomic E-state index is 0.108. The first-order chi connectivity index (χ1) is 15.5. The van der Waals surface area contributed by atoms with Gasteiger partial charge in [-0.3, -0.25) is 4.79 Å². The van der Waals surface area contributed by atoms with E-state index in [1.165, 1.54) is 5.56 Å². The molecule has 0 aliphatic heterocycles. The van der Waals surface area contributed by atoms with E-state index >= 15 is 0 Å². The molecule has 7 heteroatoms. The summed E-state index contributed by atoms with van der Waals surface area (Å²) in [5.74, 6) is 0.671. The Labute approximate surface area is 188 Å². The molecule has 0 radical (unpaired) electrons. The van der Waals surface area contributed by atoms with E-state index in [4.69, 9.17) is 9.72 Å². The summed E-state index contributed by atoms with van der Waals surface area (Å²) in [6.45, 7) is 8.34. The minimum atomic E-state index is -0.108.